The average molecular weight is 213 g/mol. The smallest absolute Gasteiger partial charge is 0.166 e. The van der Waals surface area contributed by atoms with Crippen molar-refractivity contribution in [3.05, 3.63) is 35.8 Å². The van der Waals surface area contributed by atoms with Crippen LogP contribution in [0.25, 0.3) is 11.3 Å². The minimum Gasteiger partial charge on any atom is -0.497 e. The van der Waals surface area contributed by atoms with Crippen LogP contribution in [0.2, 0.25) is 0 Å². The van der Waals surface area contributed by atoms with Crippen LogP contribution in [0.4, 0.5) is 0 Å². The molecular formula is C12H11N3O. The molecule has 80 valence electrons. The van der Waals surface area contributed by atoms with Gasteiger partial charge in [0.1, 0.15) is 17.6 Å². The Hall–Kier alpha value is -2.28. The van der Waals surface area contributed by atoms with Gasteiger partial charge < -0.3 is 9.72 Å². The molecule has 2 aromatic rings. The minimum absolute atomic E-state index is 0.419. The monoisotopic (exact) mass is 213 g/mol. The van der Waals surface area contributed by atoms with Gasteiger partial charge in [0.15, 0.2) is 5.69 Å². The van der Waals surface area contributed by atoms with Gasteiger partial charge >= 0.3 is 0 Å². The number of ether oxygens (including phenoxy) is 1. The van der Waals surface area contributed by atoms with Gasteiger partial charge in [0.2, 0.25) is 0 Å². The number of hydrogen-bond donors (Lipinski definition) is 1. The number of hydrogen-bond acceptors (Lipinski definition) is 3. The van der Waals surface area contributed by atoms with E-state index in [9.17, 15) is 0 Å². The lowest BCUT2D eigenvalue weighted by Crippen LogP contribution is -1.85. The maximum atomic E-state index is 8.94. The Morgan fingerprint density at radius 1 is 1.31 bits per heavy atom. The molecule has 1 aromatic carbocycles. The SMILES string of the molecule is COc1ccc(-c2[nH]c(C)nc2C#N)cc1. The van der Waals surface area contributed by atoms with Crippen LogP contribution in [-0.4, -0.2) is 17.1 Å². The van der Waals surface area contributed by atoms with E-state index in [1.807, 2.05) is 31.2 Å². The van der Waals surface area contributed by atoms with Crippen molar-refractivity contribution < 1.29 is 4.74 Å². The van der Waals surface area contributed by atoms with Gasteiger partial charge in [-0.15, -0.1) is 0 Å². The Morgan fingerprint density at radius 2 is 2.00 bits per heavy atom. The van der Waals surface area contributed by atoms with Gasteiger partial charge in [-0.2, -0.15) is 5.26 Å². The lowest BCUT2D eigenvalue weighted by atomic mass is 10.1. The van der Waals surface area contributed by atoms with Gasteiger partial charge in [-0.05, 0) is 31.2 Å². The van der Waals surface area contributed by atoms with E-state index in [2.05, 4.69) is 16.0 Å². The van der Waals surface area contributed by atoms with E-state index in [1.165, 1.54) is 0 Å². The largest absolute Gasteiger partial charge is 0.497 e. The molecular weight excluding hydrogens is 202 g/mol. The number of imidazole rings is 1. The summed E-state index contributed by atoms with van der Waals surface area (Å²) in [6.07, 6.45) is 0. The van der Waals surface area contributed by atoms with E-state index in [1.54, 1.807) is 7.11 Å². The van der Waals surface area contributed by atoms with Crippen LogP contribution in [0.1, 0.15) is 11.5 Å². The third-order valence-electron chi connectivity index (χ3n) is 2.31. The molecule has 0 aliphatic rings. The van der Waals surface area contributed by atoms with Gasteiger partial charge in [0.05, 0.1) is 12.8 Å². The highest BCUT2D eigenvalue weighted by Gasteiger charge is 2.09. The summed E-state index contributed by atoms with van der Waals surface area (Å²) in [5, 5.41) is 8.94. The summed E-state index contributed by atoms with van der Waals surface area (Å²) in [6.45, 7) is 1.83. The second-order valence-electron chi connectivity index (χ2n) is 3.39. The number of rotatable bonds is 2. The van der Waals surface area contributed by atoms with E-state index in [-0.39, 0.29) is 0 Å². The number of aromatic nitrogens is 2. The summed E-state index contributed by atoms with van der Waals surface area (Å²) in [5.74, 6) is 1.53. The van der Waals surface area contributed by atoms with Gasteiger partial charge in [-0.1, -0.05) is 0 Å². The first kappa shape index (κ1) is 10.2. The van der Waals surface area contributed by atoms with E-state index >= 15 is 0 Å². The number of methoxy groups -OCH3 is 1. The number of aromatic amines is 1. The standard InChI is InChI=1S/C12H11N3O/c1-8-14-11(7-13)12(15-8)9-3-5-10(16-2)6-4-9/h3-6H,1-2H3,(H,14,15). The van der Waals surface area contributed by atoms with Crippen molar-refractivity contribution >= 4 is 0 Å². The summed E-state index contributed by atoms with van der Waals surface area (Å²) < 4.78 is 5.08. The summed E-state index contributed by atoms with van der Waals surface area (Å²) in [6, 6.07) is 9.57. The van der Waals surface area contributed by atoms with Crippen LogP contribution >= 0.6 is 0 Å². The van der Waals surface area contributed by atoms with Crippen LogP contribution in [-0.2, 0) is 0 Å². The van der Waals surface area contributed by atoms with Crippen molar-refractivity contribution in [2.75, 3.05) is 7.11 Å². The number of nitrogens with zero attached hydrogens (tertiary/aromatic N) is 2. The fourth-order valence-corrected chi connectivity index (χ4v) is 1.54. The average Bonchev–Trinajstić information content (AvgIpc) is 2.70. The summed E-state index contributed by atoms with van der Waals surface area (Å²) in [4.78, 5) is 7.18. The van der Waals surface area contributed by atoms with Gasteiger partial charge in [-0.3, -0.25) is 0 Å². The Bertz CT molecular complexity index is 534. The molecule has 0 spiro atoms. The molecule has 0 fully saturated rings. The zero-order chi connectivity index (χ0) is 11.5. The molecule has 0 saturated heterocycles. The maximum absolute atomic E-state index is 8.94. The fourth-order valence-electron chi connectivity index (χ4n) is 1.54. The first-order chi connectivity index (χ1) is 7.74. The molecule has 0 atom stereocenters. The Kier molecular flexibility index (Phi) is 2.61. The fraction of sp³-hybridized carbons (Fsp3) is 0.167. The molecule has 2 rings (SSSR count). The third-order valence-corrected chi connectivity index (χ3v) is 2.31. The lowest BCUT2D eigenvalue weighted by Gasteiger charge is -2.01. The van der Waals surface area contributed by atoms with Crippen molar-refractivity contribution in [2.45, 2.75) is 6.92 Å². The van der Waals surface area contributed by atoms with Crippen LogP contribution in [0.5, 0.6) is 5.75 Å². The molecule has 0 amide bonds. The molecule has 16 heavy (non-hydrogen) atoms. The Labute approximate surface area is 93.5 Å². The summed E-state index contributed by atoms with van der Waals surface area (Å²) in [5.41, 5.74) is 2.10. The van der Waals surface area contributed by atoms with Crippen LogP contribution in [0.15, 0.2) is 24.3 Å². The maximum Gasteiger partial charge on any atom is 0.166 e. The van der Waals surface area contributed by atoms with E-state index < -0.39 is 0 Å². The quantitative estimate of drug-likeness (QED) is 0.832. The lowest BCUT2D eigenvalue weighted by molar-refractivity contribution is 0.415. The van der Waals surface area contributed by atoms with Crippen molar-refractivity contribution in [1.82, 2.24) is 9.97 Å². The summed E-state index contributed by atoms with van der Waals surface area (Å²) >= 11 is 0. The van der Waals surface area contributed by atoms with Crippen molar-refractivity contribution in [3.63, 3.8) is 0 Å². The predicted molar refractivity (Wildman–Crippen MR) is 60.0 cm³/mol. The Balaban J connectivity index is 2.46. The van der Waals surface area contributed by atoms with Gasteiger partial charge in [0.25, 0.3) is 0 Å². The molecule has 0 aliphatic carbocycles. The number of aryl methyl sites for hydroxylation is 1. The van der Waals surface area contributed by atoms with Crippen molar-refractivity contribution in [3.8, 4) is 23.1 Å². The minimum atomic E-state index is 0.419. The molecule has 0 saturated carbocycles. The molecule has 4 heteroatoms. The molecule has 4 nitrogen and oxygen atoms in total. The van der Waals surface area contributed by atoms with E-state index in [0.29, 0.717) is 5.69 Å². The Morgan fingerprint density at radius 3 is 2.56 bits per heavy atom. The molecule has 1 N–H and O–H groups in total. The van der Waals surface area contributed by atoms with Crippen LogP contribution < -0.4 is 4.74 Å². The molecule has 0 aliphatic heterocycles. The first-order valence-corrected chi connectivity index (χ1v) is 4.85. The van der Waals surface area contributed by atoms with E-state index in [0.717, 1.165) is 22.8 Å². The zero-order valence-corrected chi connectivity index (χ0v) is 9.11. The van der Waals surface area contributed by atoms with E-state index in [4.69, 9.17) is 10.00 Å². The van der Waals surface area contributed by atoms with Crippen molar-refractivity contribution in [1.29, 1.82) is 5.26 Å². The van der Waals surface area contributed by atoms with Gasteiger partial charge in [-0.25, -0.2) is 4.98 Å². The van der Waals surface area contributed by atoms with Crippen molar-refractivity contribution in [2.24, 2.45) is 0 Å². The molecule has 1 aromatic heterocycles. The second kappa shape index (κ2) is 4.07. The topological polar surface area (TPSA) is 61.7 Å². The molecule has 1 heterocycles. The summed E-state index contributed by atoms with van der Waals surface area (Å²) in [7, 11) is 1.62. The molecule has 0 radical (unpaired) electrons. The third kappa shape index (κ3) is 1.75. The normalized spacial score (nSPS) is 9.81. The number of nitrogens with one attached hydrogen (secondary N) is 1. The predicted octanol–water partition coefficient (Wildman–Crippen LogP) is 2.27. The number of nitriles is 1. The molecule has 0 unspecified atom stereocenters. The second-order valence-corrected chi connectivity index (χ2v) is 3.39. The van der Waals surface area contributed by atoms with Gasteiger partial charge in [0, 0.05) is 5.56 Å². The number of H-pyrrole nitrogens is 1. The zero-order valence-electron chi connectivity index (χ0n) is 9.11. The van der Waals surface area contributed by atoms with Crippen LogP contribution in [0, 0.1) is 18.3 Å². The van der Waals surface area contributed by atoms with Crippen LogP contribution in [0.3, 0.4) is 0 Å². The molecule has 0 bridgehead atoms. The highest BCUT2D eigenvalue weighted by molar-refractivity contribution is 5.65. The highest BCUT2D eigenvalue weighted by atomic mass is 16.5. The number of benzene rings is 1. The highest BCUT2D eigenvalue weighted by Crippen LogP contribution is 2.23. The first-order valence-electron chi connectivity index (χ1n) is 4.85.